The molecular formula is C15H9Br2ClF3N3O4. The second kappa shape index (κ2) is 8.21. The van der Waals surface area contributed by atoms with Gasteiger partial charge in [-0.25, -0.2) is 0 Å². The summed E-state index contributed by atoms with van der Waals surface area (Å²) in [5.74, 6) is 0. The zero-order chi connectivity index (χ0) is 21.4. The van der Waals surface area contributed by atoms with E-state index in [0.717, 1.165) is 4.90 Å². The molecular weight excluding hydrogens is 538 g/mol. The Morgan fingerprint density at radius 1 is 1.04 bits per heavy atom. The van der Waals surface area contributed by atoms with Crippen molar-refractivity contribution in [1.82, 2.24) is 0 Å². The zero-order valence-electron chi connectivity index (χ0n) is 13.8. The first-order valence-corrected chi connectivity index (χ1v) is 9.31. The monoisotopic (exact) mass is 545 g/mol. The van der Waals surface area contributed by atoms with Crippen LogP contribution in [-0.2, 0) is 6.18 Å². The lowest BCUT2D eigenvalue weighted by Gasteiger charge is -2.28. The second-order valence-electron chi connectivity index (χ2n) is 5.34. The zero-order valence-corrected chi connectivity index (χ0v) is 17.7. The van der Waals surface area contributed by atoms with Crippen molar-refractivity contribution in [2.24, 2.45) is 0 Å². The summed E-state index contributed by atoms with van der Waals surface area (Å²) >= 11 is 12.3. The molecule has 2 aromatic rings. The Morgan fingerprint density at radius 2 is 1.57 bits per heavy atom. The quantitative estimate of drug-likeness (QED) is 0.301. The highest BCUT2D eigenvalue weighted by molar-refractivity contribution is 9.11. The fraction of sp³-hybridized carbons (Fsp3) is 0.200. The number of nitro groups is 2. The lowest BCUT2D eigenvalue weighted by atomic mass is 10.1. The van der Waals surface area contributed by atoms with E-state index >= 15 is 0 Å². The molecule has 0 bridgehead atoms. The number of non-ortho nitro benzene ring substituents is 1. The molecule has 0 aliphatic heterocycles. The molecule has 0 aliphatic rings. The minimum atomic E-state index is -5.08. The van der Waals surface area contributed by atoms with Crippen LogP contribution in [0.1, 0.15) is 12.5 Å². The van der Waals surface area contributed by atoms with Gasteiger partial charge in [0.05, 0.1) is 27.2 Å². The van der Waals surface area contributed by atoms with Crippen molar-refractivity contribution < 1.29 is 23.0 Å². The van der Waals surface area contributed by atoms with E-state index < -0.39 is 38.6 Å². The van der Waals surface area contributed by atoms with Crippen molar-refractivity contribution in [3.05, 3.63) is 64.0 Å². The molecule has 0 amide bonds. The van der Waals surface area contributed by atoms with Crippen LogP contribution in [0.25, 0.3) is 0 Å². The lowest BCUT2D eigenvalue weighted by molar-refractivity contribution is -0.394. The summed E-state index contributed by atoms with van der Waals surface area (Å²) in [6.45, 7) is 1.37. The lowest BCUT2D eigenvalue weighted by Crippen LogP contribution is -2.23. The van der Waals surface area contributed by atoms with Crippen molar-refractivity contribution in [2.45, 2.75) is 13.1 Å². The minimum Gasteiger partial charge on any atom is -0.334 e. The van der Waals surface area contributed by atoms with E-state index in [0.29, 0.717) is 6.07 Å². The number of hydrogen-bond donors (Lipinski definition) is 0. The van der Waals surface area contributed by atoms with Crippen LogP contribution in [0, 0.1) is 20.2 Å². The van der Waals surface area contributed by atoms with Gasteiger partial charge < -0.3 is 4.90 Å². The molecule has 0 spiro atoms. The average molecular weight is 548 g/mol. The summed E-state index contributed by atoms with van der Waals surface area (Å²) in [7, 11) is 0. The number of alkyl halides is 3. The molecule has 7 nitrogen and oxygen atoms in total. The highest BCUT2D eigenvalue weighted by Gasteiger charge is 2.42. The molecule has 150 valence electrons. The third-order valence-electron chi connectivity index (χ3n) is 3.63. The SMILES string of the molecule is CCN(c1c(Br)cc(Cl)cc1Br)c1c([N+](=O)[O-])cc([N+](=O)[O-])cc1C(F)(F)F. The van der Waals surface area contributed by atoms with Gasteiger partial charge in [-0.15, -0.1) is 0 Å². The summed E-state index contributed by atoms with van der Waals surface area (Å²) < 4.78 is 41.6. The maximum Gasteiger partial charge on any atom is 0.418 e. The predicted molar refractivity (Wildman–Crippen MR) is 104 cm³/mol. The van der Waals surface area contributed by atoms with E-state index in [9.17, 15) is 33.4 Å². The molecule has 0 aromatic heterocycles. The Bertz CT molecular complexity index is 949. The third kappa shape index (κ3) is 4.39. The Balaban J connectivity index is 2.96. The van der Waals surface area contributed by atoms with Gasteiger partial charge in [-0.2, -0.15) is 13.2 Å². The van der Waals surface area contributed by atoms with E-state index in [1.807, 2.05) is 0 Å². The van der Waals surface area contributed by atoms with Crippen LogP contribution in [0.3, 0.4) is 0 Å². The first kappa shape index (κ1) is 22.4. The first-order chi connectivity index (χ1) is 12.9. The smallest absolute Gasteiger partial charge is 0.334 e. The van der Waals surface area contributed by atoms with Gasteiger partial charge in [-0.05, 0) is 50.9 Å². The van der Waals surface area contributed by atoms with E-state index in [1.165, 1.54) is 19.1 Å². The van der Waals surface area contributed by atoms with Gasteiger partial charge in [0.1, 0.15) is 5.69 Å². The van der Waals surface area contributed by atoms with E-state index in [2.05, 4.69) is 31.9 Å². The number of rotatable bonds is 5. The van der Waals surface area contributed by atoms with Crippen LogP contribution in [0.15, 0.2) is 33.2 Å². The standard InChI is InChI=1S/C15H9Br2ClF3N3O4/c1-2-22(14-10(16)3-7(18)4-11(14)17)13-9(15(19,20)21)5-8(23(25)26)6-12(13)24(27)28/h3-6H,2H2,1H3. The Kier molecular flexibility index (Phi) is 6.56. The maximum absolute atomic E-state index is 13.7. The number of nitrogens with zero attached hydrogens (tertiary/aromatic N) is 3. The van der Waals surface area contributed by atoms with Crippen LogP contribution in [-0.4, -0.2) is 16.4 Å². The van der Waals surface area contributed by atoms with Gasteiger partial charge in [0.2, 0.25) is 0 Å². The van der Waals surface area contributed by atoms with Gasteiger partial charge in [0.15, 0.2) is 0 Å². The summed E-state index contributed by atoms with van der Waals surface area (Å²) in [5.41, 5.74) is -4.24. The number of benzene rings is 2. The van der Waals surface area contributed by atoms with Gasteiger partial charge in [0.25, 0.3) is 11.4 Å². The summed E-state index contributed by atoms with van der Waals surface area (Å²) in [5, 5.41) is 22.8. The molecule has 0 aliphatic carbocycles. The Hall–Kier alpha value is -1.92. The third-order valence-corrected chi connectivity index (χ3v) is 5.05. The van der Waals surface area contributed by atoms with Crippen LogP contribution < -0.4 is 4.90 Å². The molecule has 28 heavy (non-hydrogen) atoms. The van der Waals surface area contributed by atoms with Gasteiger partial charge in [-0.3, -0.25) is 20.2 Å². The summed E-state index contributed by atoms with van der Waals surface area (Å²) in [6, 6.07) is 3.61. The molecule has 0 fully saturated rings. The van der Waals surface area contributed by atoms with Gasteiger partial charge in [-0.1, -0.05) is 11.6 Å². The van der Waals surface area contributed by atoms with Crippen molar-refractivity contribution in [3.8, 4) is 0 Å². The normalized spacial score (nSPS) is 11.4. The molecule has 0 saturated carbocycles. The predicted octanol–water partition coefficient (Wildman–Crippen LogP) is 6.86. The molecule has 2 rings (SSSR count). The molecule has 0 N–H and O–H groups in total. The van der Waals surface area contributed by atoms with Crippen LogP contribution >= 0.6 is 43.5 Å². The number of nitro benzene ring substituents is 2. The minimum absolute atomic E-state index is 0.111. The molecule has 0 heterocycles. The number of anilines is 2. The Labute approximate surface area is 177 Å². The van der Waals surface area contributed by atoms with Gasteiger partial charge >= 0.3 is 6.18 Å². The summed E-state index contributed by atoms with van der Waals surface area (Å²) in [6.07, 6.45) is -5.08. The largest absolute Gasteiger partial charge is 0.418 e. The van der Waals surface area contributed by atoms with Crippen molar-refractivity contribution in [2.75, 3.05) is 11.4 Å². The molecule has 0 saturated heterocycles. The van der Waals surface area contributed by atoms with Crippen molar-refractivity contribution in [3.63, 3.8) is 0 Å². The molecule has 0 atom stereocenters. The maximum atomic E-state index is 13.7. The average Bonchev–Trinajstić information content (AvgIpc) is 2.55. The van der Waals surface area contributed by atoms with Crippen LogP contribution in [0.5, 0.6) is 0 Å². The fourth-order valence-corrected chi connectivity index (χ4v) is 4.67. The Morgan fingerprint density at radius 3 is 1.96 bits per heavy atom. The van der Waals surface area contributed by atoms with E-state index in [1.54, 1.807) is 0 Å². The van der Waals surface area contributed by atoms with Crippen LogP contribution in [0.2, 0.25) is 5.02 Å². The number of halogens is 6. The van der Waals surface area contributed by atoms with Crippen LogP contribution in [0.4, 0.5) is 35.9 Å². The topological polar surface area (TPSA) is 89.5 Å². The molecule has 0 radical (unpaired) electrons. The van der Waals surface area contributed by atoms with Gasteiger partial charge in [0, 0.05) is 26.6 Å². The highest BCUT2D eigenvalue weighted by atomic mass is 79.9. The fourth-order valence-electron chi connectivity index (χ4n) is 2.57. The highest BCUT2D eigenvalue weighted by Crippen LogP contribution is 2.49. The molecule has 0 unspecified atom stereocenters. The van der Waals surface area contributed by atoms with E-state index in [4.69, 9.17) is 11.6 Å². The van der Waals surface area contributed by atoms with Crippen molar-refractivity contribution in [1.29, 1.82) is 0 Å². The molecule has 2 aromatic carbocycles. The second-order valence-corrected chi connectivity index (χ2v) is 7.48. The molecule has 13 heteroatoms. The number of hydrogen-bond acceptors (Lipinski definition) is 5. The van der Waals surface area contributed by atoms with Crippen molar-refractivity contribution >= 4 is 66.2 Å². The van der Waals surface area contributed by atoms with E-state index in [-0.39, 0.29) is 32.3 Å². The first-order valence-electron chi connectivity index (χ1n) is 7.34. The summed E-state index contributed by atoms with van der Waals surface area (Å²) in [4.78, 5) is 21.3.